The third-order valence-corrected chi connectivity index (χ3v) is 10.9. The monoisotopic (exact) mass is 550 g/mol. The lowest BCUT2D eigenvalue weighted by Gasteiger charge is -2.28. The molecule has 0 heterocycles. The van der Waals surface area contributed by atoms with Crippen LogP contribution >= 0.6 is 7.26 Å². The standard InChI is InChI=1S/C33H28OP.BrH/c1-26-17-23-32(24-18-26)35(30-13-7-3-8-14-30,31-15-9-4-10-16-31)25-27-19-21-29(22-20-27)33(34)28-11-5-2-6-12-28;/h2-24H,25H2,1H3;1H/q+1;/p-1. The average Bonchev–Trinajstić information content (AvgIpc) is 2.94. The highest BCUT2D eigenvalue weighted by Gasteiger charge is 2.45. The summed E-state index contributed by atoms with van der Waals surface area (Å²) in [5, 5.41) is 4.09. The van der Waals surface area contributed by atoms with Crippen molar-refractivity contribution >= 4 is 29.0 Å². The molecule has 0 spiro atoms. The van der Waals surface area contributed by atoms with Crippen LogP contribution in [0.2, 0.25) is 0 Å². The van der Waals surface area contributed by atoms with Crippen LogP contribution in [-0.4, -0.2) is 5.78 Å². The average molecular weight is 551 g/mol. The molecule has 0 aliphatic carbocycles. The minimum absolute atomic E-state index is 0. The number of carbonyl (C=O) groups is 1. The first-order valence-corrected chi connectivity index (χ1v) is 13.9. The van der Waals surface area contributed by atoms with Crippen LogP contribution in [0.15, 0.2) is 140 Å². The molecule has 3 heteroatoms. The molecule has 5 aromatic rings. The summed E-state index contributed by atoms with van der Waals surface area (Å²) >= 11 is 0. The van der Waals surface area contributed by atoms with Crippen LogP contribution in [0.1, 0.15) is 27.0 Å². The van der Waals surface area contributed by atoms with Crippen molar-refractivity contribution in [3.05, 3.63) is 162 Å². The Morgan fingerprint density at radius 2 is 0.944 bits per heavy atom. The van der Waals surface area contributed by atoms with Crippen LogP contribution in [0.4, 0.5) is 0 Å². The minimum atomic E-state index is -1.98. The van der Waals surface area contributed by atoms with Crippen molar-refractivity contribution < 1.29 is 21.8 Å². The van der Waals surface area contributed by atoms with Crippen molar-refractivity contribution in [2.75, 3.05) is 0 Å². The normalized spacial score (nSPS) is 10.9. The predicted molar refractivity (Wildman–Crippen MR) is 150 cm³/mol. The maximum atomic E-state index is 12.9. The van der Waals surface area contributed by atoms with Gasteiger partial charge in [0.05, 0.1) is 6.16 Å². The van der Waals surface area contributed by atoms with Crippen LogP contribution in [0.25, 0.3) is 0 Å². The number of rotatable bonds is 7. The fourth-order valence-electron chi connectivity index (χ4n) is 4.68. The van der Waals surface area contributed by atoms with Crippen LogP contribution in [-0.2, 0) is 6.16 Å². The molecule has 0 aliphatic rings. The molecule has 5 rings (SSSR count). The molecule has 0 amide bonds. The van der Waals surface area contributed by atoms with E-state index in [4.69, 9.17) is 0 Å². The molecule has 1 nitrogen and oxygen atoms in total. The van der Waals surface area contributed by atoms with Crippen molar-refractivity contribution in [2.24, 2.45) is 0 Å². The lowest BCUT2D eigenvalue weighted by molar-refractivity contribution is -0.0000141. The van der Waals surface area contributed by atoms with Crippen LogP contribution < -0.4 is 32.9 Å². The highest BCUT2D eigenvalue weighted by molar-refractivity contribution is 7.95. The fourth-order valence-corrected chi connectivity index (χ4v) is 8.90. The lowest BCUT2D eigenvalue weighted by atomic mass is 10.0. The summed E-state index contributed by atoms with van der Waals surface area (Å²) in [5.41, 5.74) is 3.93. The molecule has 0 N–H and O–H groups in total. The molecular weight excluding hydrogens is 523 g/mol. The first-order chi connectivity index (χ1) is 17.2. The van der Waals surface area contributed by atoms with Gasteiger partial charge in [0.2, 0.25) is 0 Å². The fraction of sp³-hybridized carbons (Fsp3) is 0.0606. The second-order valence-electron chi connectivity index (χ2n) is 8.87. The molecular formula is C33H28BrOP. The minimum Gasteiger partial charge on any atom is -1.00 e. The topological polar surface area (TPSA) is 17.1 Å². The number of aryl methyl sites for hydroxylation is 1. The van der Waals surface area contributed by atoms with Crippen LogP contribution in [0, 0.1) is 6.92 Å². The van der Waals surface area contributed by atoms with E-state index in [-0.39, 0.29) is 22.8 Å². The van der Waals surface area contributed by atoms with Gasteiger partial charge in [0.15, 0.2) is 5.78 Å². The molecule has 0 saturated carbocycles. The maximum Gasteiger partial charge on any atom is 0.193 e. The number of benzene rings is 5. The van der Waals surface area contributed by atoms with E-state index in [0.29, 0.717) is 0 Å². The second-order valence-corrected chi connectivity index (χ2v) is 12.4. The quantitative estimate of drug-likeness (QED) is 0.223. The molecule has 178 valence electrons. The Hall–Kier alpha value is -3.32. The SMILES string of the molecule is Cc1ccc([P+](Cc2ccc(C(=O)c3ccccc3)cc2)(c2ccccc2)c2ccccc2)cc1.[Br-]. The largest absolute Gasteiger partial charge is 1.00 e. The molecule has 0 radical (unpaired) electrons. The molecule has 5 aromatic carbocycles. The number of carbonyl (C=O) groups excluding carboxylic acids is 1. The van der Waals surface area contributed by atoms with Crippen molar-refractivity contribution in [3.8, 4) is 0 Å². The van der Waals surface area contributed by atoms with E-state index in [1.807, 2.05) is 42.5 Å². The van der Waals surface area contributed by atoms with Gasteiger partial charge in [0.25, 0.3) is 0 Å². The highest BCUT2D eigenvalue weighted by Crippen LogP contribution is 2.58. The van der Waals surface area contributed by atoms with Crippen molar-refractivity contribution in [1.29, 1.82) is 0 Å². The number of hydrogen-bond acceptors (Lipinski definition) is 1. The third kappa shape index (κ3) is 5.26. The number of ketones is 1. The van der Waals surface area contributed by atoms with Gasteiger partial charge >= 0.3 is 0 Å². The Balaban J connectivity index is 0.00000304. The number of hydrogen-bond donors (Lipinski definition) is 0. The first kappa shape index (κ1) is 25.8. The van der Waals surface area contributed by atoms with E-state index in [0.717, 1.165) is 17.3 Å². The van der Waals surface area contributed by atoms with Gasteiger partial charge in [0.1, 0.15) is 23.2 Å². The molecule has 0 fully saturated rings. The smallest absolute Gasteiger partial charge is 0.193 e. The first-order valence-electron chi connectivity index (χ1n) is 11.9. The van der Waals surface area contributed by atoms with E-state index in [1.54, 1.807) is 0 Å². The molecule has 0 bridgehead atoms. The van der Waals surface area contributed by atoms with Gasteiger partial charge in [-0.05, 0) is 48.9 Å². The van der Waals surface area contributed by atoms with Crippen molar-refractivity contribution in [2.45, 2.75) is 13.1 Å². The molecule has 36 heavy (non-hydrogen) atoms. The van der Waals surface area contributed by atoms with Gasteiger partial charge < -0.3 is 17.0 Å². The summed E-state index contributed by atoms with van der Waals surface area (Å²) < 4.78 is 0. The molecule has 0 aromatic heterocycles. The van der Waals surface area contributed by atoms with E-state index < -0.39 is 7.26 Å². The molecule has 0 atom stereocenters. The van der Waals surface area contributed by atoms with Gasteiger partial charge in [-0.3, -0.25) is 4.79 Å². The summed E-state index contributed by atoms with van der Waals surface area (Å²) in [4.78, 5) is 12.9. The zero-order chi connectivity index (χ0) is 24.1. The zero-order valence-corrected chi connectivity index (χ0v) is 22.7. The van der Waals surface area contributed by atoms with Gasteiger partial charge in [-0.1, -0.05) is 109 Å². The molecule has 0 unspecified atom stereocenters. The Bertz CT molecular complexity index is 1360. The highest BCUT2D eigenvalue weighted by atomic mass is 79.9. The maximum absolute atomic E-state index is 12.9. The van der Waals surface area contributed by atoms with E-state index >= 15 is 0 Å². The predicted octanol–water partition coefficient (Wildman–Crippen LogP) is 3.72. The van der Waals surface area contributed by atoms with Crippen LogP contribution in [0.3, 0.4) is 0 Å². The third-order valence-electron chi connectivity index (χ3n) is 6.54. The second kappa shape index (κ2) is 11.6. The molecule has 0 aliphatic heterocycles. The van der Waals surface area contributed by atoms with Gasteiger partial charge in [0, 0.05) is 11.1 Å². The van der Waals surface area contributed by atoms with E-state index in [9.17, 15) is 4.79 Å². The summed E-state index contributed by atoms with van der Waals surface area (Å²) in [6, 6.07) is 48.6. The van der Waals surface area contributed by atoms with E-state index in [1.165, 1.54) is 27.0 Å². The summed E-state index contributed by atoms with van der Waals surface area (Å²) in [6.45, 7) is 2.14. The molecule has 0 saturated heterocycles. The van der Waals surface area contributed by atoms with Crippen molar-refractivity contribution in [1.82, 2.24) is 0 Å². The summed E-state index contributed by atoms with van der Waals surface area (Å²) in [6.07, 6.45) is 0.893. The van der Waals surface area contributed by atoms with Crippen LogP contribution in [0.5, 0.6) is 0 Å². The Kier molecular flexibility index (Phi) is 8.31. The Morgan fingerprint density at radius 3 is 1.44 bits per heavy atom. The van der Waals surface area contributed by atoms with Gasteiger partial charge in [-0.2, -0.15) is 0 Å². The zero-order valence-electron chi connectivity index (χ0n) is 20.2. The number of halogens is 1. The van der Waals surface area contributed by atoms with Crippen molar-refractivity contribution in [3.63, 3.8) is 0 Å². The van der Waals surface area contributed by atoms with Gasteiger partial charge in [-0.25, -0.2) is 0 Å². The van der Waals surface area contributed by atoms with Gasteiger partial charge in [-0.15, -0.1) is 0 Å². The Morgan fingerprint density at radius 1 is 0.528 bits per heavy atom. The summed E-state index contributed by atoms with van der Waals surface area (Å²) in [7, 11) is -1.98. The Labute approximate surface area is 225 Å². The summed E-state index contributed by atoms with van der Waals surface area (Å²) in [5.74, 6) is 0.0582. The lowest BCUT2D eigenvalue weighted by Crippen LogP contribution is -3.00. The van der Waals surface area contributed by atoms with E-state index in [2.05, 4.69) is 104 Å².